The van der Waals surface area contributed by atoms with Gasteiger partial charge in [-0.2, -0.15) is 0 Å². The number of aryl methyl sites for hydroxylation is 1. The topological polar surface area (TPSA) is 29.1 Å². The summed E-state index contributed by atoms with van der Waals surface area (Å²) in [4.78, 5) is 12.2. The number of amides is 1. The molecule has 1 N–H and O–H groups in total. The number of hydrogen-bond acceptors (Lipinski definition) is 1. The smallest absolute Gasteiger partial charge is 0.256 e. The van der Waals surface area contributed by atoms with Crippen LogP contribution in [-0.4, -0.2) is 5.91 Å². The van der Waals surface area contributed by atoms with E-state index in [0.29, 0.717) is 5.56 Å². The molecule has 0 bridgehead atoms. The van der Waals surface area contributed by atoms with Gasteiger partial charge in [0.05, 0.1) is 5.56 Å². The van der Waals surface area contributed by atoms with Crippen LogP contribution >= 0.6 is 38.5 Å². The Morgan fingerprint density at radius 3 is 2.67 bits per heavy atom. The molecule has 18 heavy (non-hydrogen) atoms. The molecule has 2 rings (SSSR count). The molecular formula is C14H11BrINO. The molecule has 2 aromatic carbocycles. The fourth-order valence-electron chi connectivity index (χ4n) is 1.59. The fourth-order valence-corrected chi connectivity index (χ4v) is 2.59. The van der Waals surface area contributed by atoms with Crippen molar-refractivity contribution in [2.24, 2.45) is 0 Å². The van der Waals surface area contributed by atoms with Gasteiger partial charge in [-0.15, -0.1) is 0 Å². The quantitative estimate of drug-likeness (QED) is 0.712. The van der Waals surface area contributed by atoms with Crippen molar-refractivity contribution >= 4 is 50.1 Å². The third kappa shape index (κ3) is 3.11. The van der Waals surface area contributed by atoms with Crippen molar-refractivity contribution in [2.75, 3.05) is 5.32 Å². The van der Waals surface area contributed by atoms with Gasteiger partial charge in [-0.25, -0.2) is 0 Å². The number of anilines is 1. The predicted octanol–water partition coefficient (Wildman–Crippen LogP) is 4.61. The Morgan fingerprint density at radius 1 is 1.22 bits per heavy atom. The highest BCUT2D eigenvalue weighted by Gasteiger charge is 2.11. The van der Waals surface area contributed by atoms with Gasteiger partial charge in [-0.05, 0) is 59.3 Å². The highest BCUT2D eigenvalue weighted by atomic mass is 127. The van der Waals surface area contributed by atoms with Gasteiger partial charge in [0.2, 0.25) is 0 Å². The summed E-state index contributed by atoms with van der Waals surface area (Å²) in [7, 11) is 0. The second-order valence-corrected chi connectivity index (χ2v) is 5.90. The van der Waals surface area contributed by atoms with Gasteiger partial charge < -0.3 is 5.32 Å². The van der Waals surface area contributed by atoms with Crippen LogP contribution < -0.4 is 5.32 Å². The van der Waals surface area contributed by atoms with E-state index in [1.165, 1.54) is 0 Å². The molecule has 1 amide bonds. The molecule has 0 radical (unpaired) electrons. The number of rotatable bonds is 2. The number of benzene rings is 2. The molecule has 0 aliphatic carbocycles. The Balaban J connectivity index is 2.25. The molecular weight excluding hydrogens is 405 g/mol. The maximum atomic E-state index is 12.2. The van der Waals surface area contributed by atoms with Crippen LogP contribution in [0.3, 0.4) is 0 Å². The highest BCUT2D eigenvalue weighted by Crippen LogP contribution is 2.20. The first kappa shape index (κ1) is 13.5. The first-order valence-corrected chi connectivity index (χ1v) is 7.27. The minimum absolute atomic E-state index is 0.0822. The Bertz CT molecular complexity index is 598. The summed E-state index contributed by atoms with van der Waals surface area (Å²) in [6.45, 7) is 2.00. The highest BCUT2D eigenvalue weighted by molar-refractivity contribution is 14.1. The number of hydrogen-bond donors (Lipinski definition) is 1. The maximum absolute atomic E-state index is 12.2. The van der Waals surface area contributed by atoms with Crippen molar-refractivity contribution in [2.45, 2.75) is 6.92 Å². The van der Waals surface area contributed by atoms with E-state index in [0.717, 1.165) is 19.3 Å². The van der Waals surface area contributed by atoms with Crippen LogP contribution in [0.25, 0.3) is 0 Å². The van der Waals surface area contributed by atoms with Crippen LogP contribution in [0, 0.1) is 10.5 Å². The van der Waals surface area contributed by atoms with Gasteiger partial charge in [-0.3, -0.25) is 4.79 Å². The predicted molar refractivity (Wildman–Crippen MR) is 86.0 cm³/mol. The molecule has 4 heteroatoms. The second kappa shape index (κ2) is 5.84. The summed E-state index contributed by atoms with van der Waals surface area (Å²) in [5.74, 6) is -0.0822. The van der Waals surface area contributed by atoms with Crippen molar-refractivity contribution < 1.29 is 4.79 Å². The lowest BCUT2D eigenvalue weighted by molar-refractivity contribution is 0.102. The molecule has 0 saturated carbocycles. The standard InChI is InChI=1S/C14H11BrINO/c1-9-4-2-7-12(13(9)16)14(18)17-11-6-3-5-10(15)8-11/h2-8H,1H3,(H,17,18). The normalized spacial score (nSPS) is 10.2. The van der Waals surface area contributed by atoms with Crippen LogP contribution in [0.5, 0.6) is 0 Å². The van der Waals surface area contributed by atoms with Crippen LogP contribution in [0.2, 0.25) is 0 Å². The Kier molecular flexibility index (Phi) is 4.40. The summed E-state index contributed by atoms with van der Waals surface area (Å²) < 4.78 is 1.93. The maximum Gasteiger partial charge on any atom is 0.256 e. The van der Waals surface area contributed by atoms with Crippen LogP contribution in [-0.2, 0) is 0 Å². The third-order valence-corrected chi connectivity index (χ3v) is 4.44. The number of halogens is 2. The average Bonchev–Trinajstić information content (AvgIpc) is 2.32. The first-order chi connectivity index (χ1) is 8.58. The Labute approximate surface area is 128 Å². The van der Waals surface area contributed by atoms with Gasteiger partial charge in [0.25, 0.3) is 5.91 Å². The largest absolute Gasteiger partial charge is 0.322 e. The van der Waals surface area contributed by atoms with Gasteiger partial charge in [0.15, 0.2) is 0 Å². The summed E-state index contributed by atoms with van der Waals surface area (Å²) in [6.07, 6.45) is 0. The molecule has 0 unspecified atom stereocenters. The van der Waals surface area contributed by atoms with E-state index in [1.54, 1.807) is 0 Å². The molecule has 0 fully saturated rings. The molecule has 0 heterocycles. The van der Waals surface area contributed by atoms with E-state index in [9.17, 15) is 4.79 Å². The summed E-state index contributed by atoms with van der Waals surface area (Å²) >= 11 is 5.58. The average molecular weight is 416 g/mol. The van der Waals surface area contributed by atoms with Crippen LogP contribution in [0.1, 0.15) is 15.9 Å². The molecule has 0 spiro atoms. The summed E-state index contributed by atoms with van der Waals surface area (Å²) in [5.41, 5.74) is 2.60. The number of carbonyl (C=O) groups excluding carboxylic acids is 1. The number of carbonyl (C=O) groups is 1. The zero-order chi connectivity index (χ0) is 13.1. The third-order valence-electron chi connectivity index (χ3n) is 2.52. The van der Waals surface area contributed by atoms with Crippen molar-refractivity contribution in [1.82, 2.24) is 0 Å². The van der Waals surface area contributed by atoms with Crippen molar-refractivity contribution in [3.05, 3.63) is 61.6 Å². The fraction of sp³-hybridized carbons (Fsp3) is 0.0714. The molecule has 0 saturated heterocycles. The van der Waals surface area contributed by atoms with Crippen molar-refractivity contribution in [3.63, 3.8) is 0 Å². The van der Waals surface area contributed by atoms with E-state index < -0.39 is 0 Å². The van der Waals surface area contributed by atoms with Gasteiger partial charge >= 0.3 is 0 Å². The molecule has 0 aliphatic heterocycles. The summed E-state index contributed by atoms with van der Waals surface area (Å²) in [5, 5.41) is 2.89. The molecule has 2 aromatic rings. The zero-order valence-corrected chi connectivity index (χ0v) is 13.4. The Hall–Kier alpha value is -0.880. The van der Waals surface area contributed by atoms with Crippen LogP contribution in [0.15, 0.2) is 46.9 Å². The summed E-state index contributed by atoms with van der Waals surface area (Å²) in [6, 6.07) is 13.3. The minimum Gasteiger partial charge on any atom is -0.322 e. The molecule has 0 aliphatic rings. The van der Waals surface area contributed by atoms with Gasteiger partial charge in [-0.1, -0.05) is 34.1 Å². The zero-order valence-electron chi connectivity index (χ0n) is 9.71. The Morgan fingerprint density at radius 2 is 1.94 bits per heavy atom. The number of nitrogens with one attached hydrogen (secondary N) is 1. The van der Waals surface area contributed by atoms with Gasteiger partial charge in [0, 0.05) is 13.7 Å². The lowest BCUT2D eigenvalue weighted by atomic mass is 10.1. The second-order valence-electron chi connectivity index (χ2n) is 3.90. The molecule has 92 valence electrons. The van der Waals surface area contributed by atoms with E-state index in [1.807, 2.05) is 49.4 Å². The van der Waals surface area contributed by atoms with E-state index in [4.69, 9.17) is 0 Å². The monoisotopic (exact) mass is 415 g/mol. The van der Waals surface area contributed by atoms with E-state index in [-0.39, 0.29) is 5.91 Å². The lowest BCUT2D eigenvalue weighted by Gasteiger charge is -2.08. The SMILES string of the molecule is Cc1cccc(C(=O)Nc2cccc(Br)c2)c1I. The van der Waals surface area contributed by atoms with E-state index in [2.05, 4.69) is 43.8 Å². The van der Waals surface area contributed by atoms with Gasteiger partial charge in [0.1, 0.15) is 0 Å². The molecule has 2 nitrogen and oxygen atoms in total. The molecule has 0 aromatic heterocycles. The van der Waals surface area contributed by atoms with Crippen LogP contribution in [0.4, 0.5) is 5.69 Å². The van der Waals surface area contributed by atoms with Crippen molar-refractivity contribution in [1.29, 1.82) is 0 Å². The first-order valence-electron chi connectivity index (χ1n) is 5.40. The lowest BCUT2D eigenvalue weighted by Crippen LogP contribution is -2.13. The molecule has 0 atom stereocenters. The van der Waals surface area contributed by atoms with E-state index >= 15 is 0 Å². The van der Waals surface area contributed by atoms with Crippen molar-refractivity contribution in [3.8, 4) is 0 Å². The minimum atomic E-state index is -0.0822.